The van der Waals surface area contributed by atoms with E-state index in [4.69, 9.17) is 0 Å². The van der Waals surface area contributed by atoms with Crippen molar-refractivity contribution < 1.29 is 17.4 Å². The average Bonchev–Trinajstić information content (AvgIpc) is 2.59. The van der Waals surface area contributed by atoms with E-state index in [0.717, 1.165) is 24.1 Å². The Hall–Kier alpha value is -1.80. The Kier molecular flexibility index (Phi) is 6.98. The third-order valence-electron chi connectivity index (χ3n) is 4.06. The minimum Gasteiger partial charge on any atom is -0.242 e. The first kappa shape index (κ1) is 22.5. The minimum absolute atomic E-state index is 0.179. The minimum atomic E-state index is -4.37. The molecule has 2 atom stereocenters. The number of aromatic nitrogens is 2. The van der Waals surface area contributed by atoms with E-state index < -0.39 is 27.5 Å². The summed E-state index contributed by atoms with van der Waals surface area (Å²) < 4.78 is 53.3. The molecule has 1 N–H and O–H groups in total. The quantitative estimate of drug-likeness (QED) is 0.699. The van der Waals surface area contributed by atoms with Gasteiger partial charge in [0, 0.05) is 29.6 Å². The number of halogens is 3. The Bertz CT molecular complexity index is 797. The molecule has 2 aromatic rings. The van der Waals surface area contributed by atoms with E-state index in [0.29, 0.717) is 17.3 Å². The van der Waals surface area contributed by atoms with E-state index in [9.17, 15) is 17.4 Å². The van der Waals surface area contributed by atoms with Crippen LogP contribution in [0, 0.1) is 5.92 Å². The molecule has 0 amide bonds. The first-order valence-electron chi connectivity index (χ1n) is 9.05. The van der Waals surface area contributed by atoms with Crippen molar-refractivity contribution in [2.75, 3.05) is 0 Å². The summed E-state index contributed by atoms with van der Waals surface area (Å²) in [5.74, 6) is 0.710. The van der Waals surface area contributed by atoms with Crippen LogP contribution >= 0.6 is 0 Å². The van der Waals surface area contributed by atoms with Crippen LogP contribution in [0.5, 0.6) is 0 Å². The molecule has 0 radical (unpaired) electrons. The van der Waals surface area contributed by atoms with Crippen LogP contribution < -0.4 is 4.72 Å². The maximum Gasteiger partial charge on any atom is 0.416 e. The topological polar surface area (TPSA) is 54.9 Å². The number of hydrogen-bond acceptors (Lipinski definition) is 3. The van der Waals surface area contributed by atoms with E-state index in [1.807, 2.05) is 20.8 Å². The Labute approximate surface area is 166 Å². The lowest BCUT2D eigenvalue weighted by Gasteiger charge is -2.25. The van der Waals surface area contributed by atoms with E-state index >= 15 is 0 Å². The van der Waals surface area contributed by atoms with Gasteiger partial charge < -0.3 is 0 Å². The lowest BCUT2D eigenvalue weighted by atomic mass is 10.00. The lowest BCUT2D eigenvalue weighted by molar-refractivity contribution is -0.137. The van der Waals surface area contributed by atoms with Gasteiger partial charge >= 0.3 is 6.18 Å². The highest BCUT2D eigenvalue weighted by molar-refractivity contribution is 7.84. The van der Waals surface area contributed by atoms with Gasteiger partial charge in [-0.1, -0.05) is 26.0 Å². The van der Waals surface area contributed by atoms with Crippen molar-refractivity contribution in [1.82, 2.24) is 14.7 Å². The van der Waals surface area contributed by atoms with Gasteiger partial charge in [-0.2, -0.15) is 13.2 Å². The molecule has 0 aliphatic rings. The van der Waals surface area contributed by atoms with Crippen molar-refractivity contribution >= 4 is 11.0 Å². The Balaban J connectivity index is 2.23. The highest BCUT2D eigenvalue weighted by atomic mass is 32.2. The maximum atomic E-state index is 12.7. The van der Waals surface area contributed by atoms with Crippen molar-refractivity contribution in [3.63, 3.8) is 0 Å². The van der Waals surface area contributed by atoms with E-state index in [1.54, 1.807) is 12.4 Å². The number of benzene rings is 1. The zero-order chi connectivity index (χ0) is 21.1. The largest absolute Gasteiger partial charge is 0.416 e. The van der Waals surface area contributed by atoms with Crippen LogP contribution in [0.15, 0.2) is 36.7 Å². The van der Waals surface area contributed by atoms with Gasteiger partial charge in [-0.25, -0.2) is 18.9 Å². The second-order valence-corrected chi connectivity index (χ2v) is 10.1. The summed E-state index contributed by atoms with van der Waals surface area (Å²) in [7, 11) is -1.25. The van der Waals surface area contributed by atoms with E-state index in [1.165, 1.54) is 12.1 Å². The monoisotopic (exact) mass is 413 g/mol. The molecule has 0 spiro atoms. The number of alkyl halides is 3. The number of hydrogen-bond donors (Lipinski definition) is 1. The number of nitrogens with zero attached hydrogens (tertiary/aromatic N) is 2. The molecular weight excluding hydrogens is 387 g/mol. The van der Waals surface area contributed by atoms with Crippen LogP contribution in [0.2, 0.25) is 0 Å². The Morgan fingerprint density at radius 1 is 1.04 bits per heavy atom. The van der Waals surface area contributed by atoms with Gasteiger partial charge in [-0.05, 0) is 45.2 Å². The zero-order valence-corrected chi connectivity index (χ0v) is 17.5. The fraction of sp³-hybridized carbons (Fsp3) is 0.500. The second kappa shape index (κ2) is 8.69. The van der Waals surface area contributed by atoms with Crippen molar-refractivity contribution in [3.05, 3.63) is 47.8 Å². The van der Waals surface area contributed by atoms with Crippen LogP contribution in [0.1, 0.15) is 58.2 Å². The highest BCUT2D eigenvalue weighted by Crippen LogP contribution is 2.30. The van der Waals surface area contributed by atoms with Crippen molar-refractivity contribution in [3.8, 4) is 11.4 Å². The fourth-order valence-electron chi connectivity index (χ4n) is 2.50. The molecule has 4 nitrogen and oxygen atoms in total. The summed E-state index contributed by atoms with van der Waals surface area (Å²) >= 11 is 0. The molecule has 0 saturated carbocycles. The van der Waals surface area contributed by atoms with E-state index in [-0.39, 0.29) is 6.04 Å². The lowest BCUT2D eigenvalue weighted by Crippen LogP contribution is -2.36. The Morgan fingerprint density at radius 3 is 2.00 bits per heavy atom. The van der Waals surface area contributed by atoms with Crippen LogP contribution in [0.3, 0.4) is 0 Å². The van der Waals surface area contributed by atoms with Gasteiger partial charge in [-0.3, -0.25) is 0 Å². The molecule has 1 aromatic heterocycles. The molecule has 154 valence electrons. The molecule has 8 heteroatoms. The molecule has 1 heterocycles. The van der Waals surface area contributed by atoms with Crippen LogP contribution in [0.4, 0.5) is 13.2 Å². The summed E-state index contributed by atoms with van der Waals surface area (Å²) in [6.45, 7) is 9.84. The smallest absolute Gasteiger partial charge is 0.242 e. The van der Waals surface area contributed by atoms with Gasteiger partial charge in [-0.15, -0.1) is 0 Å². The molecule has 0 unspecified atom stereocenters. The predicted octanol–water partition coefficient (Wildman–Crippen LogP) is 5.30. The fourth-order valence-corrected chi connectivity index (χ4v) is 3.35. The Morgan fingerprint density at radius 2 is 1.57 bits per heavy atom. The highest BCUT2D eigenvalue weighted by Gasteiger charge is 2.30. The molecule has 0 saturated heterocycles. The molecular formula is C20H26F3N3OS. The average molecular weight is 414 g/mol. The number of rotatable bonds is 6. The zero-order valence-electron chi connectivity index (χ0n) is 16.7. The predicted molar refractivity (Wildman–Crippen MR) is 106 cm³/mol. The van der Waals surface area contributed by atoms with Gasteiger partial charge in [0.25, 0.3) is 0 Å². The normalized spacial score (nSPS) is 14.9. The molecule has 28 heavy (non-hydrogen) atoms. The molecule has 0 aliphatic heterocycles. The summed E-state index contributed by atoms with van der Waals surface area (Å²) in [5.41, 5.74) is 0.590. The first-order chi connectivity index (χ1) is 12.9. The maximum absolute atomic E-state index is 12.7. The third-order valence-corrected chi connectivity index (χ3v) is 5.67. The summed E-state index contributed by atoms with van der Waals surface area (Å²) in [6, 6.07) is 4.57. The summed E-state index contributed by atoms with van der Waals surface area (Å²) in [5, 5.41) is 0. The SMILES string of the molecule is CC(C)C[C@H](N[S@](=O)C(C)(C)C)c1cnc(-c2ccc(C(F)(F)F)cc2)nc1. The van der Waals surface area contributed by atoms with Crippen molar-refractivity contribution in [1.29, 1.82) is 0 Å². The van der Waals surface area contributed by atoms with E-state index in [2.05, 4.69) is 28.5 Å². The molecule has 0 bridgehead atoms. The van der Waals surface area contributed by atoms with Crippen LogP contribution in [-0.4, -0.2) is 18.9 Å². The standard InChI is InChI=1S/C20H26F3N3OS/c1-13(2)10-17(26-28(27)19(3,4)5)15-11-24-18(25-12-15)14-6-8-16(9-7-14)20(21,22)23/h6-9,11-13,17,26H,10H2,1-5H3/t17-,28+/m0/s1. The number of nitrogens with one attached hydrogen (secondary N) is 1. The van der Waals surface area contributed by atoms with Crippen molar-refractivity contribution in [2.45, 2.75) is 58.0 Å². The van der Waals surface area contributed by atoms with Crippen LogP contribution in [-0.2, 0) is 17.2 Å². The summed E-state index contributed by atoms with van der Waals surface area (Å²) in [4.78, 5) is 8.61. The second-order valence-electron chi connectivity index (χ2n) is 8.10. The summed E-state index contributed by atoms with van der Waals surface area (Å²) in [6.07, 6.45) is -0.341. The first-order valence-corrected chi connectivity index (χ1v) is 10.2. The van der Waals surface area contributed by atoms with Gasteiger partial charge in [0.05, 0.1) is 21.3 Å². The van der Waals surface area contributed by atoms with Gasteiger partial charge in [0.1, 0.15) is 0 Å². The molecule has 2 rings (SSSR count). The van der Waals surface area contributed by atoms with Crippen molar-refractivity contribution in [2.24, 2.45) is 5.92 Å². The van der Waals surface area contributed by atoms with Gasteiger partial charge in [0.15, 0.2) is 5.82 Å². The molecule has 1 aromatic carbocycles. The van der Waals surface area contributed by atoms with Crippen LogP contribution in [0.25, 0.3) is 11.4 Å². The van der Waals surface area contributed by atoms with Gasteiger partial charge in [0.2, 0.25) is 0 Å². The third kappa shape index (κ3) is 6.10. The molecule has 0 aliphatic carbocycles. The molecule has 0 fully saturated rings.